The molecule has 0 radical (unpaired) electrons. The summed E-state index contributed by atoms with van der Waals surface area (Å²) in [6.45, 7) is 3.38. The maximum Gasteiger partial charge on any atom is 0.250 e. The number of hydrogen-bond acceptors (Lipinski definition) is 4. The van der Waals surface area contributed by atoms with E-state index in [-0.39, 0.29) is 17.6 Å². The molecule has 1 spiro atoms. The molecule has 2 fully saturated rings. The Labute approximate surface area is 141 Å². The van der Waals surface area contributed by atoms with Crippen molar-refractivity contribution in [1.82, 2.24) is 9.88 Å². The Balaban J connectivity index is 1.34. The van der Waals surface area contributed by atoms with Crippen LogP contribution in [0.3, 0.4) is 0 Å². The summed E-state index contributed by atoms with van der Waals surface area (Å²) >= 11 is 0. The van der Waals surface area contributed by atoms with Crippen LogP contribution in [0.4, 0.5) is 4.39 Å². The summed E-state index contributed by atoms with van der Waals surface area (Å²) in [7, 11) is 0. The van der Waals surface area contributed by atoms with E-state index in [1.165, 1.54) is 11.6 Å². The highest BCUT2D eigenvalue weighted by atomic mass is 19.1. The molecular weight excluding hydrogens is 307 g/mol. The third-order valence-electron chi connectivity index (χ3n) is 4.72. The molecule has 0 bridgehead atoms. The van der Waals surface area contributed by atoms with Gasteiger partial charge in [-0.1, -0.05) is 30.3 Å². The third kappa shape index (κ3) is 3.28. The normalized spacial score (nSPS) is 23.0. The van der Waals surface area contributed by atoms with Gasteiger partial charge in [0.1, 0.15) is 6.10 Å². The van der Waals surface area contributed by atoms with Crippen LogP contribution >= 0.6 is 0 Å². The molecule has 2 aliphatic rings. The summed E-state index contributed by atoms with van der Waals surface area (Å²) in [5.41, 5.74) is 1.16. The van der Waals surface area contributed by atoms with Crippen molar-refractivity contribution >= 4 is 0 Å². The Morgan fingerprint density at radius 2 is 2.04 bits per heavy atom. The lowest BCUT2D eigenvalue weighted by Crippen LogP contribution is -2.65. The number of likely N-dealkylation sites (tertiary alicyclic amines) is 1. The van der Waals surface area contributed by atoms with Crippen molar-refractivity contribution in [3.63, 3.8) is 0 Å². The first kappa shape index (κ1) is 15.5. The monoisotopic (exact) mass is 328 g/mol. The Bertz CT molecular complexity index is 689. The zero-order valence-electron chi connectivity index (χ0n) is 13.5. The number of nitrogens with zero attached hydrogens (tertiary/aromatic N) is 2. The molecule has 2 aliphatic heterocycles. The Morgan fingerprint density at radius 3 is 2.83 bits per heavy atom. The van der Waals surface area contributed by atoms with Crippen LogP contribution in [-0.4, -0.2) is 41.3 Å². The van der Waals surface area contributed by atoms with Crippen molar-refractivity contribution in [1.29, 1.82) is 0 Å². The zero-order chi connectivity index (χ0) is 16.4. The largest absolute Gasteiger partial charge is 0.472 e. The van der Waals surface area contributed by atoms with Crippen LogP contribution in [0.5, 0.6) is 5.88 Å². The highest BCUT2D eigenvalue weighted by Gasteiger charge is 2.48. The van der Waals surface area contributed by atoms with E-state index in [1.54, 1.807) is 12.3 Å². The van der Waals surface area contributed by atoms with Gasteiger partial charge in [0.15, 0.2) is 5.82 Å². The number of aromatic nitrogens is 1. The molecule has 0 unspecified atom stereocenters. The molecule has 126 valence electrons. The summed E-state index contributed by atoms with van der Waals surface area (Å²) < 4.78 is 25.5. The van der Waals surface area contributed by atoms with Crippen molar-refractivity contribution in [2.45, 2.75) is 31.1 Å². The third-order valence-corrected chi connectivity index (χ3v) is 4.72. The van der Waals surface area contributed by atoms with Gasteiger partial charge in [0.25, 0.3) is 5.88 Å². The smallest absolute Gasteiger partial charge is 0.250 e. The fraction of sp³-hybridized carbons (Fsp3) is 0.421. The van der Waals surface area contributed by atoms with Crippen molar-refractivity contribution in [2.75, 3.05) is 19.7 Å². The van der Waals surface area contributed by atoms with Crippen molar-refractivity contribution in [2.24, 2.45) is 0 Å². The lowest BCUT2D eigenvalue weighted by molar-refractivity contribution is -0.188. The quantitative estimate of drug-likeness (QED) is 0.864. The zero-order valence-corrected chi connectivity index (χ0v) is 13.5. The van der Waals surface area contributed by atoms with Gasteiger partial charge in [-0.15, -0.1) is 0 Å². The molecule has 2 saturated heterocycles. The highest BCUT2D eigenvalue weighted by molar-refractivity contribution is 5.17. The second-order valence-corrected chi connectivity index (χ2v) is 6.69. The molecule has 5 heteroatoms. The molecule has 1 aromatic heterocycles. The number of pyridine rings is 1. The lowest BCUT2D eigenvalue weighted by Gasteiger charge is -2.53. The average Bonchev–Trinajstić information content (AvgIpc) is 2.57. The maximum atomic E-state index is 13.7. The fourth-order valence-corrected chi connectivity index (χ4v) is 3.64. The predicted octanol–water partition coefficient (Wildman–Crippen LogP) is 3.03. The lowest BCUT2D eigenvalue weighted by atomic mass is 9.84. The van der Waals surface area contributed by atoms with E-state index in [4.69, 9.17) is 9.47 Å². The van der Waals surface area contributed by atoms with Gasteiger partial charge in [-0.2, -0.15) is 0 Å². The first-order chi connectivity index (χ1) is 11.7. The second-order valence-electron chi connectivity index (χ2n) is 6.69. The molecule has 1 aromatic carbocycles. The standard InChI is InChI=1S/C19H21FN2O2/c20-17-7-4-9-21-18(17)24-16-8-10-23-19(11-16)13-22(14-19)12-15-5-2-1-3-6-15/h1-7,9,16H,8,10-14H2/t16-/m0/s1. The minimum atomic E-state index is -0.405. The van der Waals surface area contributed by atoms with Crippen molar-refractivity contribution in [3.8, 4) is 5.88 Å². The van der Waals surface area contributed by atoms with Gasteiger partial charge in [0, 0.05) is 38.7 Å². The molecule has 24 heavy (non-hydrogen) atoms. The van der Waals surface area contributed by atoms with Crippen molar-refractivity contribution in [3.05, 3.63) is 60.0 Å². The van der Waals surface area contributed by atoms with Gasteiger partial charge in [-0.3, -0.25) is 4.90 Å². The molecule has 0 aliphatic carbocycles. The fourth-order valence-electron chi connectivity index (χ4n) is 3.64. The van der Waals surface area contributed by atoms with Gasteiger partial charge in [-0.25, -0.2) is 9.37 Å². The van der Waals surface area contributed by atoms with Crippen molar-refractivity contribution < 1.29 is 13.9 Å². The van der Waals surface area contributed by atoms with E-state index in [2.05, 4.69) is 34.1 Å². The number of rotatable bonds is 4. The van der Waals surface area contributed by atoms with Crippen LogP contribution in [-0.2, 0) is 11.3 Å². The SMILES string of the molecule is Fc1cccnc1O[C@H]1CCOC2(C1)CN(Cc1ccccc1)C2. The van der Waals surface area contributed by atoms with E-state index in [0.717, 1.165) is 32.5 Å². The van der Waals surface area contributed by atoms with Crippen LogP contribution in [0, 0.1) is 5.82 Å². The average molecular weight is 328 g/mol. The van der Waals surface area contributed by atoms with E-state index in [0.29, 0.717) is 6.61 Å². The highest BCUT2D eigenvalue weighted by Crippen LogP contribution is 2.36. The van der Waals surface area contributed by atoms with E-state index in [1.807, 2.05) is 6.07 Å². The molecule has 4 nitrogen and oxygen atoms in total. The number of hydrogen-bond donors (Lipinski definition) is 0. The number of halogens is 1. The Hall–Kier alpha value is -1.98. The van der Waals surface area contributed by atoms with Gasteiger partial charge in [-0.05, 0) is 17.7 Å². The minimum Gasteiger partial charge on any atom is -0.472 e. The Morgan fingerprint density at radius 1 is 1.21 bits per heavy atom. The summed E-state index contributed by atoms with van der Waals surface area (Å²) in [4.78, 5) is 6.36. The molecule has 3 heterocycles. The van der Waals surface area contributed by atoms with Gasteiger partial charge in [0.2, 0.25) is 0 Å². The van der Waals surface area contributed by atoms with E-state index >= 15 is 0 Å². The summed E-state index contributed by atoms with van der Waals surface area (Å²) in [6, 6.07) is 13.4. The number of benzene rings is 1. The summed E-state index contributed by atoms with van der Waals surface area (Å²) in [5.74, 6) is -0.308. The maximum absolute atomic E-state index is 13.7. The van der Waals surface area contributed by atoms with Gasteiger partial charge < -0.3 is 9.47 Å². The Kier molecular flexibility index (Phi) is 4.21. The van der Waals surface area contributed by atoms with Crippen LogP contribution in [0.2, 0.25) is 0 Å². The minimum absolute atomic E-state index is 0.0398. The van der Waals surface area contributed by atoms with Gasteiger partial charge >= 0.3 is 0 Å². The molecule has 4 rings (SSSR count). The molecule has 0 saturated carbocycles. The summed E-state index contributed by atoms with van der Waals surface area (Å²) in [6.07, 6.45) is 3.07. The second kappa shape index (κ2) is 6.49. The van der Waals surface area contributed by atoms with Crippen LogP contribution in [0.25, 0.3) is 0 Å². The first-order valence-electron chi connectivity index (χ1n) is 8.40. The van der Waals surface area contributed by atoms with Crippen LogP contribution in [0.15, 0.2) is 48.7 Å². The van der Waals surface area contributed by atoms with Crippen LogP contribution in [0.1, 0.15) is 18.4 Å². The van der Waals surface area contributed by atoms with E-state index in [9.17, 15) is 4.39 Å². The molecule has 0 amide bonds. The molecular formula is C19H21FN2O2. The van der Waals surface area contributed by atoms with Crippen LogP contribution < -0.4 is 4.74 Å². The predicted molar refractivity (Wildman–Crippen MR) is 88.2 cm³/mol. The first-order valence-corrected chi connectivity index (χ1v) is 8.40. The van der Waals surface area contributed by atoms with E-state index < -0.39 is 5.82 Å². The molecule has 1 atom stereocenters. The molecule has 2 aromatic rings. The van der Waals surface area contributed by atoms with Gasteiger partial charge in [0.05, 0.1) is 12.2 Å². The topological polar surface area (TPSA) is 34.6 Å². The summed E-state index contributed by atoms with van der Waals surface area (Å²) in [5, 5.41) is 0. The number of ether oxygens (including phenoxy) is 2. The molecule has 0 N–H and O–H groups in total.